The Balaban J connectivity index is 2.28. The van der Waals surface area contributed by atoms with Crippen molar-refractivity contribution in [3.63, 3.8) is 0 Å². The van der Waals surface area contributed by atoms with Gasteiger partial charge < -0.3 is 5.11 Å². The Morgan fingerprint density at radius 2 is 1.89 bits per heavy atom. The van der Waals surface area contributed by atoms with Crippen molar-refractivity contribution in [1.82, 2.24) is 4.98 Å². The Morgan fingerprint density at radius 3 is 2.47 bits per heavy atom. The quantitative estimate of drug-likeness (QED) is 0.928. The molecule has 1 unspecified atom stereocenters. The third-order valence-electron chi connectivity index (χ3n) is 2.95. The summed E-state index contributed by atoms with van der Waals surface area (Å²) in [7, 11) is 0. The minimum atomic E-state index is -0.796. The maximum atomic E-state index is 13.7. The molecule has 1 atom stereocenters. The van der Waals surface area contributed by atoms with Crippen molar-refractivity contribution in [2.24, 2.45) is 0 Å². The van der Waals surface area contributed by atoms with Crippen LogP contribution in [0.1, 0.15) is 28.6 Å². The van der Waals surface area contributed by atoms with Gasteiger partial charge >= 0.3 is 0 Å². The maximum absolute atomic E-state index is 13.7. The number of rotatable bonds is 3. The molecule has 19 heavy (non-hydrogen) atoms. The number of pyridine rings is 1. The van der Waals surface area contributed by atoms with Crippen molar-refractivity contribution >= 4 is 11.6 Å². The highest BCUT2D eigenvalue weighted by molar-refractivity contribution is 6.31. The van der Waals surface area contributed by atoms with Crippen molar-refractivity contribution in [2.45, 2.75) is 26.4 Å². The van der Waals surface area contributed by atoms with Gasteiger partial charge in [-0.25, -0.2) is 4.39 Å². The lowest BCUT2D eigenvalue weighted by Gasteiger charge is -2.14. The highest BCUT2D eigenvalue weighted by atomic mass is 35.5. The number of aromatic nitrogens is 1. The fourth-order valence-corrected chi connectivity index (χ4v) is 2.34. The normalized spacial score (nSPS) is 12.5. The van der Waals surface area contributed by atoms with Gasteiger partial charge in [-0.05, 0) is 43.7 Å². The topological polar surface area (TPSA) is 33.1 Å². The van der Waals surface area contributed by atoms with Crippen molar-refractivity contribution in [2.75, 3.05) is 0 Å². The smallest absolute Gasteiger partial charge is 0.127 e. The fourth-order valence-electron chi connectivity index (χ4n) is 2.10. The Hall–Kier alpha value is -1.45. The lowest BCUT2D eigenvalue weighted by atomic mass is 10.0. The van der Waals surface area contributed by atoms with E-state index in [0.717, 1.165) is 17.0 Å². The van der Waals surface area contributed by atoms with E-state index in [2.05, 4.69) is 4.98 Å². The highest BCUT2D eigenvalue weighted by Crippen LogP contribution is 2.26. The summed E-state index contributed by atoms with van der Waals surface area (Å²) in [4.78, 5) is 4.25. The summed E-state index contributed by atoms with van der Waals surface area (Å²) in [6, 6.07) is 8.11. The highest BCUT2D eigenvalue weighted by Gasteiger charge is 2.15. The molecule has 0 fully saturated rings. The molecule has 0 amide bonds. The van der Waals surface area contributed by atoms with E-state index in [0.29, 0.717) is 10.6 Å². The van der Waals surface area contributed by atoms with Crippen molar-refractivity contribution in [1.29, 1.82) is 0 Å². The molecule has 2 nitrogen and oxygen atoms in total. The summed E-state index contributed by atoms with van der Waals surface area (Å²) in [5, 5.41) is 10.6. The van der Waals surface area contributed by atoms with E-state index >= 15 is 0 Å². The van der Waals surface area contributed by atoms with E-state index in [1.54, 1.807) is 24.3 Å². The van der Waals surface area contributed by atoms with E-state index in [1.165, 1.54) is 6.07 Å². The lowest BCUT2D eigenvalue weighted by molar-refractivity contribution is 0.177. The number of aliphatic hydroxyl groups is 1. The molecule has 0 saturated heterocycles. The maximum Gasteiger partial charge on any atom is 0.127 e. The van der Waals surface area contributed by atoms with Crippen LogP contribution >= 0.6 is 11.6 Å². The van der Waals surface area contributed by atoms with Crippen LogP contribution in [-0.4, -0.2) is 10.1 Å². The van der Waals surface area contributed by atoms with Gasteiger partial charge in [0.25, 0.3) is 0 Å². The molecule has 0 aliphatic rings. The molecule has 1 N–H and O–H groups in total. The van der Waals surface area contributed by atoms with Gasteiger partial charge in [-0.2, -0.15) is 0 Å². The second-order valence-electron chi connectivity index (χ2n) is 4.60. The van der Waals surface area contributed by atoms with Crippen LogP contribution in [0.5, 0.6) is 0 Å². The van der Waals surface area contributed by atoms with E-state index in [9.17, 15) is 9.50 Å². The Morgan fingerprint density at radius 1 is 1.26 bits per heavy atom. The minimum Gasteiger partial charge on any atom is -0.388 e. The molecule has 0 aliphatic carbocycles. The molecule has 0 radical (unpaired) electrons. The van der Waals surface area contributed by atoms with Crippen molar-refractivity contribution < 1.29 is 9.50 Å². The first-order valence-electron chi connectivity index (χ1n) is 6.03. The predicted molar refractivity (Wildman–Crippen MR) is 73.8 cm³/mol. The second-order valence-corrected chi connectivity index (χ2v) is 5.01. The van der Waals surface area contributed by atoms with Crippen LogP contribution in [0, 0.1) is 19.7 Å². The standard InChI is InChI=1S/C15H15ClFNO/c1-9-6-11(7-10(2)18-9)15(19)8-12-13(16)4-3-5-14(12)17/h3-7,15,19H,8H2,1-2H3. The summed E-state index contributed by atoms with van der Waals surface area (Å²) in [6.07, 6.45) is -0.649. The van der Waals surface area contributed by atoms with Gasteiger partial charge in [0.05, 0.1) is 6.10 Å². The number of nitrogens with zero attached hydrogens (tertiary/aromatic N) is 1. The first-order valence-corrected chi connectivity index (χ1v) is 6.41. The molecule has 4 heteroatoms. The molecule has 0 spiro atoms. The van der Waals surface area contributed by atoms with Crippen LogP contribution in [0.3, 0.4) is 0 Å². The average molecular weight is 280 g/mol. The van der Waals surface area contributed by atoms with Crippen LogP contribution in [0.4, 0.5) is 4.39 Å². The lowest BCUT2D eigenvalue weighted by Crippen LogP contribution is -2.05. The minimum absolute atomic E-state index is 0.147. The predicted octanol–water partition coefficient (Wildman–Crippen LogP) is 3.77. The second kappa shape index (κ2) is 5.68. The van der Waals surface area contributed by atoms with Gasteiger partial charge in [-0.15, -0.1) is 0 Å². The molecule has 1 aromatic heterocycles. The van der Waals surface area contributed by atoms with Gasteiger partial charge in [0, 0.05) is 28.4 Å². The number of benzene rings is 1. The van der Waals surface area contributed by atoms with Gasteiger partial charge in [0.2, 0.25) is 0 Å². The van der Waals surface area contributed by atoms with E-state index in [4.69, 9.17) is 11.6 Å². The van der Waals surface area contributed by atoms with Crippen LogP contribution in [0.25, 0.3) is 0 Å². The molecular formula is C15H15ClFNO. The Bertz CT molecular complexity index is 560. The van der Waals surface area contributed by atoms with Gasteiger partial charge in [0.15, 0.2) is 0 Å². The van der Waals surface area contributed by atoms with Crippen LogP contribution in [0.2, 0.25) is 5.02 Å². The zero-order valence-corrected chi connectivity index (χ0v) is 11.6. The Kier molecular flexibility index (Phi) is 4.17. The number of aliphatic hydroxyl groups excluding tert-OH is 1. The monoisotopic (exact) mass is 279 g/mol. The fraction of sp³-hybridized carbons (Fsp3) is 0.267. The zero-order chi connectivity index (χ0) is 14.0. The number of hydrogen-bond acceptors (Lipinski definition) is 2. The molecule has 0 saturated carbocycles. The first-order chi connectivity index (χ1) is 8.97. The molecule has 1 aromatic carbocycles. The summed E-state index contributed by atoms with van der Waals surface area (Å²) >= 11 is 5.96. The van der Waals surface area contributed by atoms with Crippen molar-refractivity contribution in [3.05, 3.63) is 63.7 Å². The van der Waals surface area contributed by atoms with E-state index < -0.39 is 11.9 Å². The third-order valence-corrected chi connectivity index (χ3v) is 3.30. The molecule has 0 aliphatic heterocycles. The van der Waals surface area contributed by atoms with Crippen LogP contribution in [-0.2, 0) is 6.42 Å². The molecule has 0 bridgehead atoms. The summed E-state index contributed by atoms with van der Waals surface area (Å²) < 4.78 is 13.7. The summed E-state index contributed by atoms with van der Waals surface area (Å²) in [5.74, 6) is -0.394. The summed E-state index contributed by atoms with van der Waals surface area (Å²) in [5.41, 5.74) is 2.72. The summed E-state index contributed by atoms with van der Waals surface area (Å²) in [6.45, 7) is 3.72. The van der Waals surface area contributed by atoms with Crippen LogP contribution < -0.4 is 0 Å². The number of halogens is 2. The molecular weight excluding hydrogens is 265 g/mol. The van der Waals surface area contributed by atoms with E-state index in [1.807, 2.05) is 13.8 Å². The third kappa shape index (κ3) is 3.31. The van der Waals surface area contributed by atoms with E-state index in [-0.39, 0.29) is 6.42 Å². The van der Waals surface area contributed by atoms with Crippen LogP contribution in [0.15, 0.2) is 30.3 Å². The van der Waals surface area contributed by atoms with Crippen molar-refractivity contribution in [3.8, 4) is 0 Å². The van der Waals surface area contributed by atoms with Gasteiger partial charge in [-0.3, -0.25) is 4.98 Å². The SMILES string of the molecule is Cc1cc(C(O)Cc2c(F)cccc2Cl)cc(C)n1. The number of hydrogen-bond donors (Lipinski definition) is 1. The zero-order valence-electron chi connectivity index (χ0n) is 10.8. The molecule has 2 rings (SSSR count). The van der Waals surface area contributed by atoms with Gasteiger partial charge in [0.1, 0.15) is 5.82 Å². The largest absolute Gasteiger partial charge is 0.388 e. The first kappa shape index (κ1) is 14.0. The molecule has 1 heterocycles. The Labute approximate surface area is 116 Å². The molecule has 2 aromatic rings. The number of aryl methyl sites for hydroxylation is 2. The van der Waals surface area contributed by atoms with Gasteiger partial charge in [-0.1, -0.05) is 17.7 Å². The average Bonchev–Trinajstić information content (AvgIpc) is 2.32. The molecule has 100 valence electrons.